The van der Waals surface area contributed by atoms with Gasteiger partial charge in [0.15, 0.2) is 0 Å². The van der Waals surface area contributed by atoms with Gasteiger partial charge in [0.1, 0.15) is 24.3 Å². The maximum Gasteiger partial charge on any atom is 0.137 e. The first-order chi connectivity index (χ1) is 13.8. The van der Waals surface area contributed by atoms with Gasteiger partial charge in [-0.3, -0.25) is 4.68 Å². The molecule has 0 amide bonds. The first-order valence-electron chi connectivity index (χ1n) is 9.70. The quantitative estimate of drug-likeness (QED) is 0.669. The number of anilines is 2. The van der Waals surface area contributed by atoms with Crippen LogP contribution in [0.5, 0.6) is 0 Å². The molecule has 8 nitrogen and oxygen atoms in total. The lowest BCUT2D eigenvalue weighted by Crippen LogP contribution is -2.47. The molecule has 0 aromatic carbocycles. The van der Waals surface area contributed by atoms with Crippen molar-refractivity contribution in [2.75, 3.05) is 36.0 Å². The normalized spacial score (nSPS) is 15.6. The number of hydrogen-bond acceptors (Lipinski definition) is 7. The Balaban J connectivity index is 1.35. The van der Waals surface area contributed by atoms with Crippen LogP contribution < -0.4 is 15.1 Å². The van der Waals surface area contributed by atoms with Gasteiger partial charge in [0.25, 0.3) is 0 Å². The first-order valence-corrected chi connectivity index (χ1v) is 9.70. The summed E-state index contributed by atoms with van der Waals surface area (Å²) in [6, 6.07) is 10.5. The van der Waals surface area contributed by atoms with E-state index in [2.05, 4.69) is 54.2 Å². The highest BCUT2D eigenvalue weighted by Crippen LogP contribution is 2.21. The second kappa shape index (κ2) is 8.79. The number of pyridine rings is 2. The molecule has 0 saturated carbocycles. The van der Waals surface area contributed by atoms with Crippen molar-refractivity contribution >= 4 is 11.6 Å². The number of piperazine rings is 1. The van der Waals surface area contributed by atoms with Crippen LogP contribution in [0.4, 0.5) is 11.6 Å². The molecule has 1 fully saturated rings. The van der Waals surface area contributed by atoms with Crippen LogP contribution in [-0.2, 0) is 13.1 Å². The molecule has 1 aliphatic heterocycles. The predicted octanol–water partition coefficient (Wildman–Crippen LogP) is 1.57. The minimum Gasteiger partial charge on any atom is -0.353 e. The fraction of sp³-hybridized carbons (Fsp3) is 0.400. The number of aromatic nitrogens is 5. The van der Waals surface area contributed by atoms with Crippen molar-refractivity contribution < 1.29 is 0 Å². The summed E-state index contributed by atoms with van der Waals surface area (Å²) in [5, 5.41) is 7.75. The van der Waals surface area contributed by atoms with Crippen LogP contribution in [-0.4, -0.2) is 57.0 Å². The first kappa shape index (κ1) is 18.4. The Hall–Kier alpha value is -3.00. The standard InChI is InChI=1S/C20H26N8/c1-17(14-28-16-21-15-25-28)24-13-18-5-4-8-23-20(18)27-11-9-26(10-12-27)19-6-2-3-7-22-19/h2-8,15-17,24H,9-14H2,1H3. The summed E-state index contributed by atoms with van der Waals surface area (Å²) in [6.07, 6.45) is 7.04. The zero-order chi connectivity index (χ0) is 19.2. The van der Waals surface area contributed by atoms with E-state index in [1.54, 1.807) is 12.7 Å². The van der Waals surface area contributed by atoms with Gasteiger partial charge < -0.3 is 15.1 Å². The summed E-state index contributed by atoms with van der Waals surface area (Å²) < 4.78 is 1.85. The summed E-state index contributed by atoms with van der Waals surface area (Å²) >= 11 is 0. The molecular weight excluding hydrogens is 352 g/mol. The van der Waals surface area contributed by atoms with E-state index in [1.165, 1.54) is 5.56 Å². The van der Waals surface area contributed by atoms with E-state index in [-0.39, 0.29) is 6.04 Å². The van der Waals surface area contributed by atoms with Gasteiger partial charge in [-0.25, -0.2) is 15.0 Å². The predicted molar refractivity (Wildman–Crippen MR) is 109 cm³/mol. The van der Waals surface area contributed by atoms with E-state index >= 15 is 0 Å². The number of hydrogen-bond donors (Lipinski definition) is 1. The lowest BCUT2D eigenvalue weighted by Gasteiger charge is -2.36. The molecule has 0 bridgehead atoms. The van der Waals surface area contributed by atoms with Gasteiger partial charge in [0, 0.05) is 56.7 Å². The maximum atomic E-state index is 4.68. The molecule has 0 spiro atoms. The van der Waals surface area contributed by atoms with E-state index < -0.39 is 0 Å². The summed E-state index contributed by atoms with van der Waals surface area (Å²) in [6.45, 7) is 7.50. The Kier molecular flexibility index (Phi) is 5.77. The third-order valence-electron chi connectivity index (χ3n) is 4.99. The highest BCUT2D eigenvalue weighted by Gasteiger charge is 2.21. The van der Waals surface area contributed by atoms with Gasteiger partial charge in [-0.1, -0.05) is 12.1 Å². The van der Waals surface area contributed by atoms with Crippen LogP contribution in [0.25, 0.3) is 0 Å². The van der Waals surface area contributed by atoms with Crippen molar-refractivity contribution in [1.29, 1.82) is 0 Å². The second-order valence-corrected chi connectivity index (χ2v) is 7.05. The Morgan fingerprint density at radius 1 is 1.00 bits per heavy atom. The molecule has 146 valence electrons. The number of rotatable bonds is 7. The molecular formula is C20H26N8. The van der Waals surface area contributed by atoms with E-state index in [9.17, 15) is 0 Å². The molecule has 0 aliphatic carbocycles. The van der Waals surface area contributed by atoms with Crippen LogP contribution in [0, 0.1) is 0 Å². The fourth-order valence-corrected chi connectivity index (χ4v) is 3.50. The van der Waals surface area contributed by atoms with Crippen molar-refractivity contribution in [1.82, 2.24) is 30.0 Å². The molecule has 1 N–H and O–H groups in total. The molecule has 4 heterocycles. The van der Waals surface area contributed by atoms with E-state index in [0.717, 1.165) is 50.9 Å². The number of nitrogens with one attached hydrogen (secondary N) is 1. The van der Waals surface area contributed by atoms with E-state index in [0.29, 0.717) is 0 Å². The topological polar surface area (TPSA) is 75.0 Å². The Morgan fingerprint density at radius 3 is 2.57 bits per heavy atom. The highest BCUT2D eigenvalue weighted by atomic mass is 15.3. The van der Waals surface area contributed by atoms with Crippen molar-refractivity contribution in [3.05, 3.63) is 60.9 Å². The van der Waals surface area contributed by atoms with Gasteiger partial charge in [-0.15, -0.1) is 0 Å². The Bertz CT molecular complexity index is 844. The maximum absolute atomic E-state index is 4.68. The van der Waals surface area contributed by atoms with E-state index in [4.69, 9.17) is 0 Å². The molecule has 3 aromatic heterocycles. The summed E-state index contributed by atoms with van der Waals surface area (Å²) in [5.74, 6) is 2.12. The van der Waals surface area contributed by atoms with Gasteiger partial charge in [0.2, 0.25) is 0 Å². The minimum atomic E-state index is 0.288. The molecule has 0 radical (unpaired) electrons. The van der Waals surface area contributed by atoms with Gasteiger partial charge in [-0.2, -0.15) is 5.10 Å². The molecule has 3 aromatic rings. The molecule has 1 saturated heterocycles. The van der Waals surface area contributed by atoms with Crippen molar-refractivity contribution in [2.45, 2.75) is 26.1 Å². The Labute approximate surface area is 165 Å². The van der Waals surface area contributed by atoms with Gasteiger partial charge in [-0.05, 0) is 25.1 Å². The highest BCUT2D eigenvalue weighted by molar-refractivity contribution is 5.49. The zero-order valence-electron chi connectivity index (χ0n) is 16.1. The SMILES string of the molecule is CC(Cn1cncn1)NCc1cccnc1N1CCN(c2ccccn2)CC1. The van der Waals surface area contributed by atoms with Crippen LogP contribution in [0.2, 0.25) is 0 Å². The average molecular weight is 378 g/mol. The van der Waals surface area contributed by atoms with Crippen LogP contribution in [0.15, 0.2) is 55.4 Å². The van der Waals surface area contributed by atoms with Crippen LogP contribution in [0.3, 0.4) is 0 Å². The lowest BCUT2D eigenvalue weighted by molar-refractivity contribution is 0.449. The van der Waals surface area contributed by atoms with E-state index in [1.807, 2.05) is 35.3 Å². The molecule has 4 rings (SSSR count). The smallest absolute Gasteiger partial charge is 0.137 e. The van der Waals surface area contributed by atoms with Gasteiger partial charge in [0.05, 0.1) is 6.54 Å². The van der Waals surface area contributed by atoms with Gasteiger partial charge >= 0.3 is 0 Å². The Morgan fingerprint density at radius 2 is 1.82 bits per heavy atom. The third kappa shape index (κ3) is 4.45. The van der Waals surface area contributed by atoms with Crippen LogP contribution >= 0.6 is 0 Å². The number of nitrogens with zero attached hydrogens (tertiary/aromatic N) is 7. The minimum absolute atomic E-state index is 0.288. The van der Waals surface area contributed by atoms with Crippen molar-refractivity contribution in [2.24, 2.45) is 0 Å². The van der Waals surface area contributed by atoms with Crippen molar-refractivity contribution in [3.8, 4) is 0 Å². The molecule has 1 unspecified atom stereocenters. The lowest BCUT2D eigenvalue weighted by atomic mass is 10.2. The molecule has 28 heavy (non-hydrogen) atoms. The molecule has 1 atom stereocenters. The summed E-state index contributed by atoms with van der Waals surface area (Å²) in [5.41, 5.74) is 1.22. The summed E-state index contributed by atoms with van der Waals surface area (Å²) in [7, 11) is 0. The molecule has 1 aliphatic rings. The average Bonchev–Trinajstić information content (AvgIpc) is 3.26. The van der Waals surface area contributed by atoms with Crippen LogP contribution in [0.1, 0.15) is 12.5 Å². The van der Waals surface area contributed by atoms with Crippen molar-refractivity contribution in [3.63, 3.8) is 0 Å². The monoisotopic (exact) mass is 378 g/mol. The zero-order valence-corrected chi connectivity index (χ0v) is 16.1. The summed E-state index contributed by atoms with van der Waals surface area (Å²) in [4.78, 5) is 17.8. The fourth-order valence-electron chi connectivity index (χ4n) is 3.50. The largest absolute Gasteiger partial charge is 0.353 e. The molecule has 8 heteroatoms. The third-order valence-corrected chi connectivity index (χ3v) is 4.99. The second-order valence-electron chi connectivity index (χ2n) is 7.05.